The fourth-order valence-electron chi connectivity index (χ4n) is 3.66. The molecule has 1 saturated heterocycles. The summed E-state index contributed by atoms with van der Waals surface area (Å²) in [7, 11) is 0. The van der Waals surface area contributed by atoms with Crippen LogP contribution in [0.25, 0.3) is 0 Å². The van der Waals surface area contributed by atoms with E-state index in [0.717, 1.165) is 0 Å². The molecular weight excluding hydrogens is 476 g/mol. The van der Waals surface area contributed by atoms with Crippen LogP contribution in [0.4, 0.5) is 10.5 Å². The first-order chi connectivity index (χ1) is 17.1. The zero-order valence-corrected chi connectivity index (χ0v) is 21.1. The second kappa shape index (κ2) is 13.8. The van der Waals surface area contributed by atoms with E-state index in [4.69, 9.17) is 18.9 Å². The second-order valence-electron chi connectivity index (χ2n) is 8.11. The summed E-state index contributed by atoms with van der Waals surface area (Å²) < 4.78 is 24.3. The molecule has 2 rings (SSSR count). The first-order valence-corrected chi connectivity index (χ1v) is 11.8. The van der Waals surface area contributed by atoms with Crippen molar-refractivity contribution in [3.8, 4) is 5.75 Å². The van der Waals surface area contributed by atoms with Crippen LogP contribution < -0.4 is 9.38 Å². The molecule has 2 amide bonds. The van der Waals surface area contributed by atoms with Gasteiger partial charge in [0.2, 0.25) is 6.79 Å². The molecule has 2 unspecified atom stereocenters. The smallest absolute Gasteiger partial charge is 0.412 e. The average Bonchev–Trinajstić information content (AvgIpc) is 2.87. The Morgan fingerprint density at radius 2 is 1.69 bits per heavy atom. The highest BCUT2D eigenvalue weighted by Gasteiger charge is 2.36. The van der Waals surface area contributed by atoms with E-state index in [9.17, 15) is 24.4 Å². The maximum Gasteiger partial charge on any atom is 0.412 e. The molecule has 0 bridgehead atoms. The monoisotopic (exact) mass is 510 g/mol. The maximum atomic E-state index is 13.5. The topological polar surface area (TPSA) is 141 Å². The van der Waals surface area contributed by atoms with Crippen LogP contribution in [0, 0.1) is 5.21 Å². The van der Waals surface area contributed by atoms with Crippen LogP contribution in [0.1, 0.15) is 40.5 Å². The number of esters is 2. The molecule has 0 saturated carbocycles. The number of ether oxygens (including phenoxy) is 5. The van der Waals surface area contributed by atoms with Crippen LogP contribution in [-0.4, -0.2) is 80.7 Å². The SMILES string of the molecule is CCOC(=O)COc1ccc([N+]([O-])(CC)C(=O)C(C)OC2CCN(C(=O)OCOC(C)=O)CC2)cc1. The van der Waals surface area contributed by atoms with Crippen molar-refractivity contribution in [2.75, 3.05) is 39.6 Å². The van der Waals surface area contributed by atoms with Crippen LogP contribution in [0.5, 0.6) is 5.75 Å². The molecule has 2 atom stereocenters. The Kier molecular flexibility index (Phi) is 11.1. The Hall–Kier alpha value is -3.22. The van der Waals surface area contributed by atoms with Crippen molar-refractivity contribution in [2.24, 2.45) is 0 Å². The highest BCUT2D eigenvalue weighted by molar-refractivity contribution is 5.92. The van der Waals surface area contributed by atoms with Crippen molar-refractivity contribution in [3.63, 3.8) is 0 Å². The maximum absolute atomic E-state index is 13.5. The van der Waals surface area contributed by atoms with Gasteiger partial charge >= 0.3 is 23.9 Å². The molecule has 12 nitrogen and oxygen atoms in total. The number of piperidine rings is 1. The fraction of sp³-hybridized carbons (Fsp3) is 0.583. The lowest BCUT2D eigenvalue weighted by Crippen LogP contribution is -2.54. The number of carbonyl (C=O) groups is 4. The summed E-state index contributed by atoms with van der Waals surface area (Å²) in [5, 5.41) is 13.5. The van der Waals surface area contributed by atoms with Crippen molar-refractivity contribution in [3.05, 3.63) is 29.5 Å². The molecular formula is C24H34N2O10. The van der Waals surface area contributed by atoms with E-state index in [1.54, 1.807) is 20.8 Å². The fourth-order valence-corrected chi connectivity index (χ4v) is 3.66. The quantitative estimate of drug-likeness (QED) is 0.189. The zero-order valence-electron chi connectivity index (χ0n) is 21.1. The lowest BCUT2D eigenvalue weighted by atomic mass is 10.1. The molecule has 200 valence electrons. The second-order valence-corrected chi connectivity index (χ2v) is 8.11. The number of likely N-dealkylation sites (tertiary alicyclic amines) is 1. The Balaban J connectivity index is 1.89. The van der Waals surface area contributed by atoms with E-state index in [1.165, 1.54) is 36.1 Å². The third-order valence-corrected chi connectivity index (χ3v) is 5.61. The van der Waals surface area contributed by atoms with Crippen molar-refractivity contribution < 1.29 is 42.9 Å². The summed E-state index contributed by atoms with van der Waals surface area (Å²) >= 11 is 0. The number of hydrogen-bond acceptors (Lipinski definition) is 10. The summed E-state index contributed by atoms with van der Waals surface area (Å²) in [4.78, 5) is 48.8. The molecule has 1 aliphatic rings. The minimum Gasteiger partial charge on any atom is -0.620 e. The Bertz CT molecular complexity index is 899. The molecule has 0 radical (unpaired) electrons. The molecule has 0 aliphatic carbocycles. The number of hydrogen-bond donors (Lipinski definition) is 0. The Morgan fingerprint density at radius 1 is 1.06 bits per heavy atom. The van der Waals surface area contributed by atoms with E-state index in [-0.39, 0.29) is 31.5 Å². The van der Waals surface area contributed by atoms with Gasteiger partial charge in [0.25, 0.3) is 0 Å². The zero-order chi connectivity index (χ0) is 26.7. The van der Waals surface area contributed by atoms with E-state index < -0.39 is 41.5 Å². The lowest BCUT2D eigenvalue weighted by Gasteiger charge is -2.40. The van der Waals surface area contributed by atoms with E-state index in [0.29, 0.717) is 31.7 Å². The molecule has 1 aromatic carbocycles. The summed E-state index contributed by atoms with van der Waals surface area (Å²) in [6.07, 6.45) is -0.981. The van der Waals surface area contributed by atoms with Gasteiger partial charge in [-0.3, -0.25) is 9.44 Å². The van der Waals surface area contributed by atoms with Crippen molar-refractivity contribution in [1.29, 1.82) is 0 Å². The summed E-state index contributed by atoms with van der Waals surface area (Å²) in [6.45, 7) is 6.24. The van der Waals surface area contributed by atoms with Gasteiger partial charge in [-0.1, -0.05) is 0 Å². The number of nitrogens with zero attached hydrogens (tertiary/aromatic N) is 2. The largest absolute Gasteiger partial charge is 0.620 e. The van der Waals surface area contributed by atoms with Crippen LogP contribution in [0.3, 0.4) is 0 Å². The van der Waals surface area contributed by atoms with Gasteiger partial charge in [0.1, 0.15) is 11.4 Å². The van der Waals surface area contributed by atoms with Crippen LogP contribution in [0.2, 0.25) is 0 Å². The minimum atomic E-state index is -1.22. The van der Waals surface area contributed by atoms with Gasteiger partial charge in [-0.05, 0) is 45.7 Å². The van der Waals surface area contributed by atoms with Crippen molar-refractivity contribution in [1.82, 2.24) is 9.55 Å². The van der Waals surface area contributed by atoms with Gasteiger partial charge in [0, 0.05) is 32.1 Å². The molecule has 0 spiro atoms. The van der Waals surface area contributed by atoms with E-state index in [1.807, 2.05) is 0 Å². The van der Waals surface area contributed by atoms with Gasteiger partial charge in [-0.15, -0.1) is 0 Å². The molecule has 1 aromatic rings. The van der Waals surface area contributed by atoms with Crippen molar-refractivity contribution in [2.45, 2.75) is 52.7 Å². The Labute approximate surface area is 210 Å². The van der Waals surface area contributed by atoms with Crippen LogP contribution >= 0.6 is 0 Å². The van der Waals surface area contributed by atoms with E-state index in [2.05, 4.69) is 4.74 Å². The molecule has 1 heterocycles. The van der Waals surface area contributed by atoms with Gasteiger partial charge < -0.3 is 33.8 Å². The molecule has 0 aromatic heterocycles. The molecule has 1 aliphatic heterocycles. The number of amides is 2. The van der Waals surface area contributed by atoms with Gasteiger partial charge in [0.05, 0.1) is 19.3 Å². The van der Waals surface area contributed by atoms with Crippen LogP contribution in [0.15, 0.2) is 24.3 Å². The highest BCUT2D eigenvalue weighted by Crippen LogP contribution is 2.27. The predicted octanol–water partition coefficient (Wildman–Crippen LogP) is 2.51. The number of carbonyl (C=O) groups excluding carboxylic acids is 4. The summed E-state index contributed by atoms with van der Waals surface area (Å²) in [5.41, 5.74) is 0.215. The minimum absolute atomic E-state index is 0.0395. The number of likely N-dealkylation sites (N-methyl/N-ethyl adjacent to an activating group) is 1. The summed E-state index contributed by atoms with van der Waals surface area (Å²) in [5.74, 6) is -1.34. The first-order valence-electron chi connectivity index (χ1n) is 11.8. The molecule has 1 fully saturated rings. The highest BCUT2D eigenvalue weighted by atomic mass is 16.7. The third kappa shape index (κ3) is 8.18. The third-order valence-electron chi connectivity index (χ3n) is 5.61. The first kappa shape index (κ1) is 29.0. The predicted molar refractivity (Wildman–Crippen MR) is 128 cm³/mol. The standard InChI is InChI=1S/C24H34N2O10/c1-5-26(31,19-7-9-20(10-8-19)33-15-22(28)32-6-2)23(29)17(3)36-21-11-13-25(14-12-21)24(30)35-16-34-18(4)27/h7-10,17,21H,5-6,11-16H2,1-4H3. The molecule has 12 heteroatoms. The normalized spacial score (nSPS) is 16.4. The van der Waals surface area contributed by atoms with Gasteiger partial charge in [-0.2, -0.15) is 0 Å². The Morgan fingerprint density at radius 3 is 2.25 bits per heavy atom. The molecule has 36 heavy (non-hydrogen) atoms. The summed E-state index contributed by atoms with van der Waals surface area (Å²) in [6, 6.07) is 6.01. The number of rotatable bonds is 11. The van der Waals surface area contributed by atoms with Gasteiger partial charge in [-0.25, -0.2) is 14.4 Å². The van der Waals surface area contributed by atoms with Crippen LogP contribution in [-0.2, 0) is 33.3 Å². The number of benzene rings is 1. The van der Waals surface area contributed by atoms with Gasteiger partial charge in [0.15, 0.2) is 12.7 Å². The van der Waals surface area contributed by atoms with Crippen molar-refractivity contribution >= 4 is 29.6 Å². The number of hydroxylamine groups is 2. The van der Waals surface area contributed by atoms with E-state index >= 15 is 0 Å². The molecule has 0 N–H and O–H groups in total. The number of quaternary nitrogens is 1. The lowest BCUT2D eigenvalue weighted by molar-refractivity contribution is -0.150. The average molecular weight is 511 g/mol.